The molecule has 2 fully saturated rings. The summed E-state index contributed by atoms with van der Waals surface area (Å²) in [4.78, 5) is 11.9. The van der Waals surface area contributed by atoms with Crippen LogP contribution in [0.25, 0.3) is 0 Å². The molecule has 0 N–H and O–H groups in total. The maximum absolute atomic E-state index is 11.9. The molecule has 4 atom stereocenters. The van der Waals surface area contributed by atoms with Gasteiger partial charge in [-0.3, -0.25) is 4.79 Å². The van der Waals surface area contributed by atoms with Crippen molar-refractivity contribution in [3.8, 4) is 0 Å². The topological polar surface area (TPSA) is 26.3 Å². The number of ether oxygens (including phenoxy) is 1. The third-order valence-corrected chi connectivity index (χ3v) is 5.77. The zero-order chi connectivity index (χ0) is 12.6. The van der Waals surface area contributed by atoms with Crippen LogP contribution in [0.4, 0.5) is 0 Å². The highest BCUT2D eigenvalue weighted by Gasteiger charge is 2.47. The minimum absolute atomic E-state index is 0.179. The minimum atomic E-state index is -0.221. The summed E-state index contributed by atoms with van der Waals surface area (Å²) < 4.78 is 6.24. The van der Waals surface area contributed by atoms with Crippen molar-refractivity contribution in [3.05, 3.63) is 0 Å². The molecule has 1 aliphatic heterocycles. The number of hydrogen-bond acceptors (Lipinski definition) is 3. The van der Waals surface area contributed by atoms with Crippen molar-refractivity contribution < 1.29 is 9.53 Å². The third-order valence-electron chi connectivity index (χ3n) is 4.27. The molecule has 0 aromatic rings. The lowest BCUT2D eigenvalue weighted by molar-refractivity contribution is -0.133. The Hall–Kier alpha value is -0.0200. The van der Waals surface area contributed by atoms with Gasteiger partial charge in [0.15, 0.2) is 11.2 Å². The predicted molar refractivity (Wildman–Crippen MR) is 72.1 cm³/mol. The van der Waals surface area contributed by atoms with Crippen LogP contribution in [0.3, 0.4) is 0 Å². The summed E-state index contributed by atoms with van der Waals surface area (Å²) >= 11 is 1.74. The molecule has 3 heteroatoms. The fraction of sp³-hybridized carbons (Fsp3) is 0.929. The molecule has 2 rings (SSSR count). The molecule has 0 bridgehead atoms. The summed E-state index contributed by atoms with van der Waals surface area (Å²) in [5.41, 5.74) is -0.221. The lowest BCUT2D eigenvalue weighted by Gasteiger charge is -2.49. The van der Waals surface area contributed by atoms with Crippen LogP contribution >= 0.6 is 11.8 Å². The highest BCUT2D eigenvalue weighted by Crippen LogP contribution is 2.50. The summed E-state index contributed by atoms with van der Waals surface area (Å²) in [6, 6.07) is 0. The maximum atomic E-state index is 11.9. The Morgan fingerprint density at radius 1 is 1.41 bits per heavy atom. The first-order valence-corrected chi connectivity index (χ1v) is 7.68. The van der Waals surface area contributed by atoms with Crippen LogP contribution in [0, 0.1) is 11.8 Å². The number of fused-ring (bicyclic) bond motifs is 1. The molecule has 1 saturated heterocycles. The van der Waals surface area contributed by atoms with Crippen molar-refractivity contribution >= 4 is 17.5 Å². The molecule has 98 valence electrons. The Kier molecular flexibility index (Phi) is 3.89. The largest absolute Gasteiger partial charge is 0.356 e. The minimum Gasteiger partial charge on any atom is -0.356 e. The van der Waals surface area contributed by atoms with Crippen LogP contribution in [0.2, 0.25) is 0 Å². The molecule has 0 aromatic carbocycles. The van der Waals surface area contributed by atoms with E-state index in [1.165, 1.54) is 12.8 Å². The van der Waals surface area contributed by atoms with E-state index in [4.69, 9.17) is 4.74 Å². The Balaban J connectivity index is 2.13. The number of hydrogen-bond donors (Lipinski definition) is 0. The number of carbonyl (C=O) groups excluding carboxylic acids is 1. The predicted octanol–water partition coefficient (Wildman–Crippen LogP) is 3.64. The fourth-order valence-corrected chi connectivity index (χ4v) is 4.62. The molecule has 2 aliphatic rings. The fourth-order valence-electron chi connectivity index (χ4n) is 3.13. The van der Waals surface area contributed by atoms with E-state index in [2.05, 4.69) is 20.8 Å². The van der Waals surface area contributed by atoms with Crippen LogP contribution in [-0.4, -0.2) is 22.1 Å². The smallest absolute Gasteiger partial charge is 0.171 e. The second-order valence-electron chi connectivity index (χ2n) is 6.07. The molecular weight excluding hydrogens is 232 g/mol. The first kappa shape index (κ1) is 13.4. The SMILES string of the molecule is CCC(=O)[C@@H]1O[C@@H]2C[C@H](C)CC[C@H]2C(C)(C)S1. The summed E-state index contributed by atoms with van der Waals surface area (Å²) in [5.74, 6) is 1.61. The first-order chi connectivity index (χ1) is 7.94. The molecular formula is C14H24O2S. The van der Waals surface area contributed by atoms with Crippen LogP contribution in [-0.2, 0) is 9.53 Å². The van der Waals surface area contributed by atoms with Gasteiger partial charge in [0.05, 0.1) is 6.10 Å². The number of rotatable bonds is 2. The molecule has 0 amide bonds. The second kappa shape index (κ2) is 4.93. The monoisotopic (exact) mass is 256 g/mol. The Morgan fingerprint density at radius 2 is 2.12 bits per heavy atom. The van der Waals surface area contributed by atoms with Gasteiger partial charge in [0.25, 0.3) is 0 Å². The Bertz CT molecular complexity index is 301. The summed E-state index contributed by atoms with van der Waals surface area (Å²) in [7, 11) is 0. The summed E-state index contributed by atoms with van der Waals surface area (Å²) in [5, 5.41) is 0. The molecule has 0 radical (unpaired) electrons. The van der Waals surface area contributed by atoms with Gasteiger partial charge in [0.1, 0.15) is 0 Å². The third kappa shape index (κ3) is 2.70. The van der Waals surface area contributed by atoms with Gasteiger partial charge in [-0.15, -0.1) is 11.8 Å². The molecule has 0 spiro atoms. The van der Waals surface area contributed by atoms with E-state index in [0.29, 0.717) is 18.4 Å². The molecule has 1 heterocycles. The molecule has 2 nitrogen and oxygen atoms in total. The van der Waals surface area contributed by atoms with E-state index in [-0.39, 0.29) is 16.0 Å². The van der Waals surface area contributed by atoms with Crippen LogP contribution in [0.1, 0.15) is 53.4 Å². The molecule has 1 saturated carbocycles. The van der Waals surface area contributed by atoms with E-state index >= 15 is 0 Å². The van der Waals surface area contributed by atoms with Crippen molar-refractivity contribution in [3.63, 3.8) is 0 Å². The quantitative estimate of drug-likeness (QED) is 0.754. The standard InChI is InChI=1S/C14H24O2S/c1-5-11(15)13-16-12-8-9(2)6-7-10(12)14(3,4)17-13/h9-10,12-13H,5-8H2,1-4H3/t9-,10-,12-,13-/m1/s1. The first-order valence-electron chi connectivity index (χ1n) is 6.80. The van der Waals surface area contributed by atoms with Gasteiger partial charge >= 0.3 is 0 Å². The number of thioether (sulfide) groups is 1. The van der Waals surface area contributed by atoms with Crippen molar-refractivity contribution in [2.24, 2.45) is 11.8 Å². The van der Waals surface area contributed by atoms with Gasteiger partial charge in [-0.25, -0.2) is 0 Å². The lowest BCUT2D eigenvalue weighted by Crippen LogP contribution is -2.50. The summed E-state index contributed by atoms with van der Waals surface area (Å²) in [6.45, 7) is 8.79. The molecule has 0 unspecified atom stereocenters. The molecule has 17 heavy (non-hydrogen) atoms. The van der Waals surface area contributed by atoms with Gasteiger partial charge in [-0.2, -0.15) is 0 Å². The lowest BCUT2D eigenvalue weighted by atomic mass is 9.75. The van der Waals surface area contributed by atoms with Crippen LogP contribution in [0.15, 0.2) is 0 Å². The second-order valence-corrected chi connectivity index (χ2v) is 7.79. The van der Waals surface area contributed by atoms with Crippen molar-refractivity contribution in [2.45, 2.75) is 69.7 Å². The van der Waals surface area contributed by atoms with E-state index in [9.17, 15) is 4.79 Å². The Labute approximate surface area is 109 Å². The highest BCUT2D eigenvalue weighted by molar-refractivity contribution is 8.01. The van der Waals surface area contributed by atoms with E-state index in [0.717, 1.165) is 12.3 Å². The van der Waals surface area contributed by atoms with Gasteiger partial charge in [-0.1, -0.05) is 34.1 Å². The van der Waals surface area contributed by atoms with Gasteiger partial charge in [0, 0.05) is 11.2 Å². The number of Topliss-reactive ketones (excluding diaryl/α,β-unsaturated/α-hetero) is 1. The summed E-state index contributed by atoms with van der Waals surface area (Å²) in [6.07, 6.45) is 4.57. The molecule has 1 aliphatic carbocycles. The van der Waals surface area contributed by atoms with Crippen LogP contribution < -0.4 is 0 Å². The number of carbonyl (C=O) groups is 1. The van der Waals surface area contributed by atoms with Crippen molar-refractivity contribution in [1.82, 2.24) is 0 Å². The Morgan fingerprint density at radius 3 is 2.76 bits per heavy atom. The van der Waals surface area contributed by atoms with Gasteiger partial charge in [-0.05, 0) is 24.7 Å². The van der Waals surface area contributed by atoms with Gasteiger partial charge in [0.2, 0.25) is 0 Å². The van der Waals surface area contributed by atoms with Crippen molar-refractivity contribution in [2.75, 3.05) is 0 Å². The van der Waals surface area contributed by atoms with Gasteiger partial charge < -0.3 is 4.74 Å². The maximum Gasteiger partial charge on any atom is 0.171 e. The normalized spacial score (nSPS) is 40.7. The van der Waals surface area contributed by atoms with E-state index < -0.39 is 0 Å². The zero-order valence-electron chi connectivity index (χ0n) is 11.4. The average molecular weight is 256 g/mol. The van der Waals surface area contributed by atoms with Crippen LogP contribution in [0.5, 0.6) is 0 Å². The average Bonchev–Trinajstić information content (AvgIpc) is 2.26. The zero-order valence-corrected chi connectivity index (χ0v) is 12.2. The van der Waals surface area contributed by atoms with E-state index in [1.807, 2.05) is 6.92 Å². The van der Waals surface area contributed by atoms with Crippen molar-refractivity contribution in [1.29, 1.82) is 0 Å². The highest BCUT2D eigenvalue weighted by atomic mass is 32.2. The van der Waals surface area contributed by atoms with E-state index in [1.54, 1.807) is 11.8 Å². The molecule has 0 aromatic heterocycles. The number of ketones is 1.